The third-order valence-electron chi connectivity index (χ3n) is 2.15. The van der Waals surface area contributed by atoms with E-state index in [1.165, 1.54) is 19.2 Å². The molecule has 0 amide bonds. The number of benzene rings is 1. The highest BCUT2D eigenvalue weighted by atomic mass is 32.2. The van der Waals surface area contributed by atoms with E-state index in [1.54, 1.807) is 0 Å². The Morgan fingerprint density at radius 2 is 2.00 bits per heavy atom. The van der Waals surface area contributed by atoms with Crippen molar-refractivity contribution in [3.8, 4) is 5.75 Å². The molecule has 0 atom stereocenters. The SMILES string of the molecule is COCCOc1ccc(S(C)(=O)=O)cc1C(=O)O. The molecular formula is C11H14O6S. The van der Waals surface area contributed by atoms with Crippen molar-refractivity contribution in [2.75, 3.05) is 26.6 Å². The van der Waals surface area contributed by atoms with Gasteiger partial charge in [0.25, 0.3) is 0 Å². The molecule has 0 saturated heterocycles. The van der Waals surface area contributed by atoms with E-state index in [1.807, 2.05) is 0 Å². The van der Waals surface area contributed by atoms with Crippen LogP contribution >= 0.6 is 0 Å². The maximum absolute atomic E-state index is 11.3. The van der Waals surface area contributed by atoms with Crippen LogP contribution < -0.4 is 4.74 Å². The number of carboxylic acid groups (broad SMARTS) is 1. The monoisotopic (exact) mass is 274 g/mol. The summed E-state index contributed by atoms with van der Waals surface area (Å²) in [5.74, 6) is -1.13. The summed E-state index contributed by atoms with van der Waals surface area (Å²) in [4.78, 5) is 11.0. The van der Waals surface area contributed by atoms with Gasteiger partial charge in [-0.15, -0.1) is 0 Å². The van der Waals surface area contributed by atoms with Gasteiger partial charge in [0, 0.05) is 13.4 Å². The first-order chi connectivity index (χ1) is 8.36. The fourth-order valence-electron chi connectivity index (χ4n) is 1.27. The van der Waals surface area contributed by atoms with Gasteiger partial charge in [0.15, 0.2) is 9.84 Å². The quantitative estimate of drug-likeness (QED) is 0.772. The summed E-state index contributed by atoms with van der Waals surface area (Å²) in [6.07, 6.45) is 1.01. The molecule has 0 aliphatic carbocycles. The molecule has 1 aromatic carbocycles. The zero-order chi connectivity index (χ0) is 13.8. The molecule has 0 bridgehead atoms. The number of carbonyl (C=O) groups is 1. The third kappa shape index (κ3) is 3.71. The van der Waals surface area contributed by atoms with Gasteiger partial charge < -0.3 is 14.6 Å². The van der Waals surface area contributed by atoms with Crippen LogP contribution in [0.2, 0.25) is 0 Å². The molecule has 0 aliphatic heterocycles. The molecule has 0 fully saturated rings. The van der Waals surface area contributed by atoms with E-state index in [0.29, 0.717) is 6.61 Å². The summed E-state index contributed by atoms with van der Waals surface area (Å²) < 4.78 is 32.6. The number of ether oxygens (including phenoxy) is 2. The van der Waals surface area contributed by atoms with Crippen LogP contribution in [0.4, 0.5) is 0 Å². The van der Waals surface area contributed by atoms with Gasteiger partial charge >= 0.3 is 5.97 Å². The molecule has 0 heterocycles. The zero-order valence-corrected chi connectivity index (χ0v) is 10.9. The molecule has 0 radical (unpaired) electrons. The van der Waals surface area contributed by atoms with E-state index in [0.717, 1.165) is 12.3 Å². The third-order valence-corrected chi connectivity index (χ3v) is 3.26. The number of rotatable bonds is 6. The van der Waals surface area contributed by atoms with Gasteiger partial charge in [0.1, 0.15) is 17.9 Å². The van der Waals surface area contributed by atoms with Crippen molar-refractivity contribution in [2.24, 2.45) is 0 Å². The smallest absolute Gasteiger partial charge is 0.339 e. The van der Waals surface area contributed by atoms with Gasteiger partial charge in [-0.2, -0.15) is 0 Å². The molecule has 0 unspecified atom stereocenters. The first kappa shape index (κ1) is 14.5. The Morgan fingerprint density at radius 1 is 1.33 bits per heavy atom. The van der Waals surface area contributed by atoms with E-state index in [2.05, 4.69) is 0 Å². The zero-order valence-electron chi connectivity index (χ0n) is 10.0. The Balaban J connectivity index is 3.09. The molecule has 1 N–H and O–H groups in total. The largest absolute Gasteiger partial charge is 0.490 e. The summed E-state index contributed by atoms with van der Waals surface area (Å²) in [5, 5.41) is 9.01. The highest BCUT2D eigenvalue weighted by molar-refractivity contribution is 7.90. The van der Waals surface area contributed by atoms with Gasteiger partial charge in [-0.1, -0.05) is 0 Å². The predicted octanol–water partition coefficient (Wildman–Crippen LogP) is 0.814. The van der Waals surface area contributed by atoms with E-state index in [9.17, 15) is 13.2 Å². The first-order valence-corrected chi connectivity index (χ1v) is 6.94. The summed E-state index contributed by atoms with van der Waals surface area (Å²) in [6, 6.07) is 3.72. The van der Waals surface area contributed by atoms with Gasteiger partial charge in [0.05, 0.1) is 11.5 Å². The highest BCUT2D eigenvalue weighted by Crippen LogP contribution is 2.22. The van der Waals surface area contributed by atoms with Crippen LogP contribution in [0.3, 0.4) is 0 Å². The van der Waals surface area contributed by atoms with Crippen LogP contribution in [0.1, 0.15) is 10.4 Å². The lowest BCUT2D eigenvalue weighted by Crippen LogP contribution is -2.09. The lowest BCUT2D eigenvalue weighted by molar-refractivity contribution is 0.0689. The van der Waals surface area contributed by atoms with Crippen molar-refractivity contribution in [1.82, 2.24) is 0 Å². The number of hydrogen-bond acceptors (Lipinski definition) is 5. The maximum Gasteiger partial charge on any atom is 0.339 e. The second kappa shape index (κ2) is 5.83. The minimum Gasteiger partial charge on any atom is -0.490 e. The Hall–Kier alpha value is -1.60. The summed E-state index contributed by atoms with van der Waals surface area (Å²) >= 11 is 0. The topological polar surface area (TPSA) is 89.9 Å². The fraction of sp³-hybridized carbons (Fsp3) is 0.364. The number of aromatic carboxylic acids is 1. The van der Waals surface area contributed by atoms with Crippen molar-refractivity contribution in [1.29, 1.82) is 0 Å². The molecule has 1 aromatic rings. The van der Waals surface area contributed by atoms with E-state index in [4.69, 9.17) is 14.6 Å². The van der Waals surface area contributed by atoms with Crippen molar-refractivity contribution in [3.05, 3.63) is 23.8 Å². The second-order valence-electron chi connectivity index (χ2n) is 3.58. The first-order valence-electron chi connectivity index (χ1n) is 5.05. The van der Waals surface area contributed by atoms with Crippen molar-refractivity contribution in [3.63, 3.8) is 0 Å². The van der Waals surface area contributed by atoms with E-state index >= 15 is 0 Å². The average molecular weight is 274 g/mol. The molecule has 1 rings (SSSR count). The van der Waals surface area contributed by atoms with Gasteiger partial charge in [0.2, 0.25) is 0 Å². The van der Waals surface area contributed by atoms with Gasteiger partial charge in [-0.25, -0.2) is 13.2 Å². The van der Waals surface area contributed by atoms with Crippen molar-refractivity contribution >= 4 is 15.8 Å². The molecule has 0 spiro atoms. The van der Waals surface area contributed by atoms with Crippen LogP contribution in [-0.2, 0) is 14.6 Å². The lowest BCUT2D eigenvalue weighted by atomic mass is 10.2. The van der Waals surface area contributed by atoms with Crippen molar-refractivity contribution in [2.45, 2.75) is 4.90 Å². The standard InChI is InChI=1S/C11H14O6S/c1-16-5-6-17-10-4-3-8(18(2,14)15)7-9(10)11(12)13/h3-4,7H,5-6H2,1-2H3,(H,12,13). The van der Waals surface area contributed by atoms with E-state index < -0.39 is 15.8 Å². The molecule has 0 saturated carbocycles. The molecule has 100 valence electrons. The molecular weight excluding hydrogens is 260 g/mol. The minimum atomic E-state index is -3.44. The van der Waals surface area contributed by atoms with Gasteiger partial charge in [-0.05, 0) is 18.2 Å². The Bertz CT molecular complexity index is 534. The summed E-state index contributed by atoms with van der Waals surface area (Å²) in [5.41, 5.74) is -0.186. The fourth-order valence-corrected chi connectivity index (χ4v) is 1.91. The average Bonchev–Trinajstić information content (AvgIpc) is 2.28. The van der Waals surface area contributed by atoms with Crippen LogP contribution in [0.25, 0.3) is 0 Å². The van der Waals surface area contributed by atoms with Crippen LogP contribution in [0.15, 0.2) is 23.1 Å². The number of carboxylic acids is 1. The normalized spacial score (nSPS) is 11.2. The molecule has 0 aliphatic rings. The lowest BCUT2D eigenvalue weighted by Gasteiger charge is -2.09. The van der Waals surface area contributed by atoms with Crippen molar-refractivity contribution < 1.29 is 27.8 Å². The number of methoxy groups -OCH3 is 1. The Labute approximate surface area is 105 Å². The van der Waals surface area contributed by atoms with Crippen LogP contribution in [0.5, 0.6) is 5.75 Å². The van der Waals surface area contributed by atoms with Crippen LogP contribution in [-0.4, -0.2) is 46.1 Å². The molecule has 0 aromatic heterocycles. The molecule has 18 heavy (non-hydrogen) atoms. The van der Waals surface area contributed by atoms with Gasteiger partial charge in [-0.3, -0.25) is 0 Å². The van der Waals surface area contributed by atoms with Crippen LogP contribution in [0, 0.1) is 0 Å². The number of sulfone groups is 1. The maximum atomic E-state index is 11.3. The Kier molecular flexibility index (Phi) is 4.69. The number of hydrogen-bond donors (Lipinski definition) is 1. The molecule has 7 heteroatoms. The predicted molar refractivity (Wildman–Crippen MR) is 63.9 cm³/mol. The minimum absolute atomic E-state index is 0.0565. The summed E-state index contributed by atoms with van der Waals surface area (Å²) in [6.45, 7) is 0.502. The Morgan fingerprint density at radius 3 is 2.50 bits per heavy atom. The van der Waals surface area contributed by atoms with E-state index in [-0.39, 0.29) is 22.8 Å². The second-order valence-corrected chi connectivity index (χ2v) is 5.59. The molecule has 6 nitrogen and oxygen atoms in total. The highest BCUT2D eigenvalue weighted by Gasteiger charge is 2.16. The summed E-state index contributed by atoms with van der Waals surface area (Å²) in [7, 11) is -1.95.